The highest BCUT2D eigenvalue weighted by molar-refractivity contribution is 5.94. The Bertz CT molecular complexity index is 659. The molecule has 0 spiro atoms. The monoisotopic (exact) mass is 366 g/mol. The Labute approximate surface area is 151 Å². The standard InChI is InChI=1S/C17H24FN5O3/c1-26-23-16(24)11-4-6-12(7-5-11)20-14(3-2-10-18)15(22-19)17(25)21-13-8-9-13/h4-7,13,20,22H,2-3,8-10,19H2,1H3,(H,21,25)(H,23,24)/p+1/b15-14-. The number of rotatable bonds is 10. The van der Waals surface area contributed by atoms with Gasteiger partial charge in [0, 0.05) is 30.2 Å². The Kier molecular flexibility index (Phi) is 7.52. The number of amides is 2. The number of nitrogens with one attached hydrogen (secondary N) is 3. The van der Waals surface area contributed by atoms with Crippen LogP contribution >= 0.6 is 0 Å². The van der Waals surface area contributed by atoms with Gasteiger partial charge in [0.25, 0.3) is 11.8 Å². The smallest absolute Gasteiger partial charge is 0.274 e. The number of carbonyl (C=O) groups excluding carboxylic acids is 2. The molecule has 0 saturated heterocycles. The molecule has 0 atom stereocenters. The molecule has 0 aromatic heterocycles. The number of alkyl halides is 1. The van der Waals surface area contributed by atoms with Crippen LogP contribution in [0.4, 0.5) is 10.1 Å². The number of benzene rings is 1. The molecule has 8 nitrogen and oxygen atoms in total. The zero-order valence-electron chi connectivity index (χ0n) is 14.7. The molecule has 1 aromatic rings. The van der Waals surface area contributed by atoms with Gasteiger partial charge in [-0.05, 0) is 31.4 Å². The molecule has 9 heteroatoms. The van der Waals surface area contributed by atoms with Gasteiger partial charge < -0.3 is 10.7 Å². The van der Waals surface area contributed by atoms with Crippen LogP contribution in [-0.4, -0.2) is 31.6 Å². The van der Waals surface area contributed by atoms with Crippen molar-refractivity contribution in [2.75, 3.05) is 13.8 Å². The van der Waals surface area contributed by atoms with Crippen molar-refractivity contribution >= 4 is 17.5 Å². The molecule has 0 heterocycles. The SMILES string of the molecule is CONC(=O)c1ccc([NH2+]/C(CCCF)=C(\NN)C(=O)NC2CC2)cc1. The maximum absolute atomic E-state index is 12.7. The maximum atomic E-state index is 12.7. The largest absolute Gasteiger partial charge is 0.348 e. The van der Waals surface area contributed by atoms with E-state index in [1.165, 1.54) is 7.11 Å². The van der Waals surface area contributed by atoms with Crippen LogP contribution in [0.25, 0.3) is 0 Å². The van der Waals surface area contributed by atoms with Crippen molar-refractivity contribution in [1.29, 1.82) is 0 Å². The fraction of sp³-hybridized carbons (Fsp3) is 0.412. The van der Waals surface area contributed by atoms with E-state index in [1.54, 1.807) is 29.6 Å². The number of hydrogen-bond donors (Lipinski definition) is 5. The Morgan fingerprint density at radius 3 is 2.54 bits per heavy atom. The minimum absolute atomic E-state index is 0.187. The van der Waals surface area contributed by atoms with Gasteiger partial charge in [0.1, 0.15) is 11.4 Å². The van der Waals surface area contributed by atoms with Gasteiger partial charge in [0.05, 0.1) is 13.8 Å². The van der Waals surface area contributed by atoms with E-state index >= 15 is 0 Å². The zero-order chi connectivity index (χ0) is 18.9. The molecular weight excluding hydrogens is 341 g/mol. The highest BCUT2D eigenvalue weighted by Gasteiger charge is 2.27. The predicted octanol–water partition coefficient (Wildman–Crippen LogP) is -0.124. The fourth-order valence-corrected chi connectivity index (χ4v) is 2.40. The molecule has 1 aliphatic rings. The number of quaternary nitrogens is 1. The Morgan fingerprint density at radius 2 is 2.00 bits per heavy atom. The molecule has 7 N–H and O–H groups in total. The Morgan fingerprint density at radius 1 is 1.31 bits per heavy atom. The highest BCUT2D eigenvalue weighted by atomic mass is 19.1. The Hall–Kier alpha value is -2.49. The quantitative estimate of drug-likeness (QED) is 0.171. The third-order valence-corrected chi connectivity index (χ3v) is 3.89. The second kappa shape index (κ2) is 9.85. The van der Waals surface area contributed by atoms with Crippen molar-refractivity contribution in [2.45, 2.75) is 31.7 Å². The lowest BCUT2D eigenvalue weighted by Crippen LogP contribution is -2.77. The van der Waals surface area contributed by atoms with Gasteiger partial charge in [0.15, 0.2) is 5.70 Å². The number of hydrazine groups is 1. The lowest BCUT2D eigenvalue weighted by Gasteiger charge is -2.12. The van der Waals surface area contributed by atoms with Crippen LogP contribution in [-0.2, 0) is 9.63 Å². The lowest BCUT2D eigenvalue weighted by molar-refractivity contribution is -0.521. The summed E-state index contributed by atoms with van der Waals surface area (Å²) < 4.78 is 12.7. The summed E-state index contributed by atoms with van der Waals surface area (Å²) in [5.41, 5.74) is 6.71. The van der Waals surface area contributed by atoms with Crippen LogP contribution < -0.4 is 27.4 Å². The summed E-state index contributed by atoms with van der Waals surface area (Å²) in [6.45, 7) is -0.491. The molecule has 0 unspecified atom stereocenters. The van der Waals surface area contributed by atoms with Crippen molar-refractivity contribution in [3.8, 4) is 0 Å². The van der Waals surface area contributed by atoms with Crippen molar-refractivity contribution in [1.82, 2.24) is 16.2 Å². The van der Waals surface area contributed by atoms with Gasteiger partial charge in [-0.15, -0.1) is 0 Å². The molecular formula is C17H25FN5O3+. The second-order valence-corrected chi connectivity index (χ2v) is 5.99. The average molecular weight is 366 g/mol. The van der Waals surface area contributed by atoms with Crippen LogP contribution in [0.5, 0.6) is 0 Å². The van der Waals surface area contributed by atoms with E-state index in [0.29, 0.717) is 17.7 Å². The molecule has 2 rings (SSSR count). The van der Waals surface area contributed by atoms with Crippen molar-refractivity contribution in [3.63, 3.8) is 0 Å². The summed E-state index contributed by atoms with van der Waals surface area (Å²) in [4.78, 5) is 28.6. The van der Waals surface area contributed by atoms with Gasteiger partial charge >= 0.3 is 0 Å². The second-order valence-electron chi connectivity index (χ2n) is 5.99. The first-order chi connectivity index (χ1) is 12.6. The molecule has 142 valence electrons. The first kappa shape index (κ1) is 19.8. The summed E-state index contributed by atoms with van der Waals surface area (Å²) in [7, 11) is 1.36. The van der Waals surface area contributed by atoms with Gasteiger partial charge in [-0.1, -0.05) is 0 Å². The first-order valence-electron chi connectivity index (χ1n) is 8.43. The summed E-state index contributed by atoms with van der Waals surface area (Å²) in [5.74, 6) is 4.89. The molecule has 0 bridgehead atoms. The van der Waals surface area contributed by atoms with Gasteiger partial charge in [-0.3, -0.25) is 30.0 Å². The van der Waals surface area contributed by atoms with Crippen molar-refractivity contribution < 1.29 is 24.1 Å². The van der Waals surface area contributed by atoms with E-state index in [1.807, 2.05) is 0 Å². The Balaban J connectivity index is 2.16. The number of nitrogens with two attached hydrogens (primary N) is 2. The number of hydroxylamine groups is 1. The van der Waals surface area contributed by atoms with Gasteiger partial charge in [-0.25, -0.2) is 5.48 Å². The van der Waals surface area contributed by atoms with E-state index in [-0.39, 0.29) is 30.0 Å². The molecule has 1 fully saturated rings. The summed E-state index contributed by atoms with van der Waals surface area (Å²) in [5, 5.41) is 4.63. The van der Waals surface area contributed by atoms with Gasteiger partial charge in [-0.2, -0.15) is 0 Å². The summed E-state index contributed by atoms with van der Waals surface area (Å²) in [6.07, 6.45) is 2.55. The normalized spacial score (nSPS) is 14.4. The first-order valence-corrected chi connectivity index (χ1v) is 8.43. The van der Waals surface area contributed by atoms with E-state index in [0.717, 1.165) is 18.5 Å². The molecule has 26 heavy (non-hydrogen) atoms. The molecule has 0 aliphatic heterocycles. The van der Waals surface area contributed by atoms with Gasteiger partial charge in [0.2, 0.25) is 0 Å². The molecule has 1 aromatic carbocycles. The average Bonchev–Trinajstić information content (AvgIpc) is 3.44. The van der Waals surface area contributed by atoms with E-state index in [9.17, 15) is 14.0 Å². The van der Waals surface area contributed by atoms with Crippen molar-refractivity contribution in [2.24, 2.45) is 5.84 Å². The minimum Gasteiger partial charge on any atom is -0.348 e. The van der Waals surface area contributed by atoms with Crippen LogP contribution in [0, 0.1) is 0 Å². The van der Waals surface area contributed by atoms with Crippen molar-refractivity contribution in [3.05, 3.63) is 41.2 Å². The number of hydrogen-bond acceptors (Lipinski definition) is 5. The zero-order valence-corrected chi connectivity index (χ0v) is 14.7. The third-order valence-electron chi connectivity index (χ3n) is 3.89. The molecule has 0 radical (unpaired) electrons. The van der Waals surface area contributed by atoms with Crippen LogP contribution in [0.3, 0.4) is 0 Å². The minimum atomic E-state index is -0.491. The fourth-order valence-electron chi connectivity index (χ4n) is 2.40. The number of allylic oxidation sites excluding steroid dienone is 1. The third kappa shape index (κ3) is 5.80. The van der Waals surface area contributed by atoms with E-state index < -0.39 is 6.67 Å². The lowest BCUT2D eigenvalue weighted by atomic mass is 10.1. The van der Waals surface area contributed by atoms with Crippen LogP contribution in [0.1, 0.15) is 36.0 Å². The molecule has 2 amide bonds. The number of halogens is 1. The maximum Gasteiger partial charge on any atom is 0.274 e. The van der Waals surface area contributed by atoms with Crippen LogP contribution in [0.15, 0.2) is 35.7 Å². The topological polar surface area (TPSA) is 122 Å². The number of carbonyl (C=O) groups is 2. The summed E-state index contributed by atoms with van der Waals surface area (Å²) >= 11 is 0. The predicted molar refractivity (Wildman–Crippen MR) is 93.2 cm³/mol. The molecule has 1 aliphatic carbocycles. The highest BCUT2D eigenvalue weighted by Crippen LogP contribution is 2.19. The van der Waals surface area contributed by atoms with Crippen LogP contribution in [0.2, 0.25) is 0 Å². The van der Waals surface area contributed by atoms with E-state index in [4.69, 9.17) is 5.84 Å². The summed E-state index contributed by atoms with van der Waals surface area (Å²) in [6, 6.07) is 6.91. The van der Waals surface area contributed by atoms with E-state index in [2.05, 4.69) is 21.1 Å². The molecule has 1 saturated carbocycles.